The maximum absolute atomic E-state index is 8.83. The van der Waals surface area contributed by atoms with Crippen molar-refractivity contribution < 1.29 is 5.11 Å². The first kappa shape index (κ1) is 13.4. The quantitative estimate of drug-likeness (QED) is 0.860. The Bertz CT molecular complexity index is 319. The molecule has 92 valence electrons. The summed E-state index contributed by atoms with van der Waals surface area (Å²) in [5, 5.41) is 9.79. The van der Waals surface area contributed by atoms with Crippen LogP contribution in [0.3, 0.4) is 0 Å². The fourth-order valence-electron chi connectivity index (χ4n) is 1.30. The van der Waals surface area contributed by atoms with Gasteiger partial charge in [0.1, 0.15) is 5.82 Å². The highest BCUT2D eigenvalue weighted by molar-refractivity contribution is 7.09. The van der Waals surface area contributed by atoms with Crippen molar-refractivity contribution in [3.8, 4) is 0 Å². The van der Waals surface area contributed by atoms with Gasteiger partial charge < -0.3 is 10.0 Å². The maximum Gasteiger partial charge on any atom is 0.205 e. The molecule has 1 heterocycles. The van der Waals surface area contributed by atoms with E-state index in [2.05, 4.69) is 42.0 Å². The molecule has 5 heteroatoms. The van der Waals surface area contributed by atoms with E-state index in [1.165, 1.54) is 11.5 Å². The Labute approximate surface area is 101 Å². The number of hydrogen-bond donors (Lipinski definition) is 1. The third-order valence-corrected chi connectivity index (χ3v) is 3.10. The summed E-state index contributed by atoms with van der Waals surface area (Å²) in [6, 6.07) is 0. The third-order valence-electron chi connectivity index (χ3n) is 2.32. The molecule has 0 radical (unpaired) electrons. The Morgan fingerprint density at radius 1 is 1.38 bits per heavy atom. The van der Waals surface area contributed by atoms with Gasteiger partial charge in [0.25, 0.3) is 0 Å². The molecule has 0 aliphatic carbocycles. The fourth-order valence-corrected chi connectivity index (χ4v) is 2.25. The second-order valence-electron chi connectivity index (χ2n) is 4.81. The second-order valence-corrected chi connectivity index (χ2v) is 5.54. The number of aromatic nitrogens is 2. The molecule has 0 fully saturated rings. The lowest BCUT2D eigenvalue weighted by Gasteiger charge is -2.18. The first-order chi connectivity index (χ1) is 7.49. The molecule has 4 nitrogen and oxygen atoms in total. The monoisotopic (exact) mass is 243 g/mol. The summed E-state index contributed by atoms with van der Waals surface area (Å²) in [7, 11) is 0. The van der Waals surface area contributed by atoms with Crippen LogP contribution in [0, 0.1) is 0 Å². The summed E-state index contributed by atoms with van der Waals surface area (Å²) >= 11 is 1.44. The van der Waals surface area contributed by atoms with Crippen molar-refractivity contribution in [2.45, 2.75) is 39.5 Å². The van der Waals surface area contributed by atoms with E-state index in [1.54, 1.807) is 0 Å². The van der Waals surface area contributed by atoms with Gasteiger partial charge in [0.05, 0.1) is 0 Å². The van der Waals surface area contributed by atoms with Crippen LogP contribution in [-0.2, 0) is 5.41 Å². The smallest absolute Gasteiger partial charge is 0.205 e. The summed E-state index contributed by atoms with van der Waals surface area (Å²) in [6.45, 7) is 10.4. The highest BCUT2D eigenvalue weighted by Crippen LogP contribution is 2.25. The Morgan fingerprint density at radius 2 is 2.06 bits per heavy atom. The predicted octanol–water partition coefficient (Wildman–Crippen LogP) is 2.04. The van der Waals surface area contributed by atoms with Gasteiger partial charge in [-0.1, -0.05) is 20.8 Å². The Hall–Kier alpha value is -0.680. The summed E-state index contributed by atoms with van der Waals surface area (Å²) < 4.78 is 4.39. The van der Waals surface area contributed by atoms with E-state index in [9.17, 15) is 0 Å². The first-order valence-electron chi connectivity index (χ1n) is 5.69. The predicted molar refractivity (Wildman–Crippen MR) is 68.2 cm³/mol. The normalized spacial score (nSPS) is 11.8. The van der Waals surface area contributed by atoms with Crippen molar-refractivity contribution in [1.29, 1.82) is 0 Å². The molecule has 0 aliphatic rings. The van der Waals surface area contributed by atoms with Crippen molar-refractivity contribution in [1.82, 2.24) is 9.36 Å². The molecule has 0 amide bonds. The van der Waals surface area contributed by atoms with E-state index in [-0.39, 0.29) is 12.0 Å². The Balaban J connectivity index is 2.75. The zero-order valence-electron chi connectivity index (χ0n) is 10.5. The van der Waals surface area contributed by atoms with E-state index in [1.807, 2.05) is 0 Å². The minimum atomic E-state index is 0.00510. The van der Waals surface area contributed by atoms with E-state index in [4.69, 9.17) is 5.11 Å². The second kappa shape index (κ2) is 5.59. The van der Waals surface area contributed by atoms with Crippen LogP contribution < -0.4 is 4.90 Å². The van der Waals surface area contributed by atoms with Gasteiger partial charge in [0.2, 0.25) is 5.13 Å². The van der Waals surface area contributed by atoms with Crippen LogP contribution in [0.5, 0.6) is 0 Å². The maximum atomic E-state index is 8.83. The molecular weight excluding hydrogens is 222 g/mol. The summed E-state index contributed by atoms with van der Waals surface area (Å²) in [5.41, 5.74) is 0.00510. The summed E-state index contributed by atoms with van der Waals surface area (Å²) in [5.74, 6) is 0.898. The molecule has 1 aromatic rings. The molecule has 0 aliphatic heterocycles. The van der Waals surface area contributed by atoms with Gasteiger partial charge in [0.15, 0.2) is 0 Å². The van der Waals surface area contributed by atoms with E-state index < -0.39 is 0 Å². The minimum Gasteiger partial charge on any atom is -0.396 e. The van der Waals surface area contributed by atoms with E-state index in [0.29, 0.717) is 0 Å². The SMILES string of the molecule is CCN(CCCO)c1nc(C(C)(C)C)ns1. The van der Waals surface area contributed by atoms with Crippen LogP contribution in [0.25, 0.3) is 0 Å². The topological polar surface area (TPSA) is 49.2 Å². The van der Waals surface area contributed by atoms with Crippen LogP contribution in [0.15, 0.2) is 0 Å². The molecule has 0 bridgehead atoms. The van der Waals surface area contributed by atoms with Crippen molar-refractivity contribution in [3.05, 3.63) is 5.82 Å². The van der Waals surface area contributed by atoms with Gasteiger partial charge in [-0.3, -0.25) is 0 Å². The molecule has 1 aromatic heterocycles. The van der Waals surface area contributed by atoms with E-state index >= 15 is 0 Å². The van der Waals surface area contributed by atoms with Crippen LogP contribution in [0.1, 0.15) is 39.9 Å². The highest BCUT2D eigenvalue weighted by atomic mass is 32.1. The number of nitrogens with zero attached hydrogens (tertiary/aromatic N) is 3. The van der Waals surface area contributed by atoms with Gasteiger partial charge in [-0.2, -0.15) is 4.37 Å². The molecule has 0 atom stereocenters. The molecule has 0 saturated carbocycles. The molecule has 0 aromatic carbocycles. The van der Waals surface area contributed by atoms with Crippen molar-refractivity contribution >= 4 is 16.7 Å². The van der Waals surface area contributed by atoms with Crippen molar-refractivity contribution in [2.75, 3.05) is 24.6 Å². The number of hydrogen-bond acceptors (Lipinski definition) is 5. The lowest BCUT2D eigenvalue weighted by atomic mass is 9.96. The molecule has 16 heavy (non-hydrogen) atoms. The lowest BCUT2D eigenvalue weighted by molar-refractivity contribution is 0.289. The molecule has 0 saturated heterocycles. The third kappa shape index (κ3) is 3.42. The average molecular weight is 243 g/mol. The zero-order chi connectivity index (χ0) is 12.2. The average Bonchev–Trinajstić information content (AvgIpc) is 2.68. The molecular formula is C11H21N3OS. The van der Waals surface area contributed by atoms with Gasteiger partial charge in [-0.15, -0.1) is 0 Å². The van der Waals surface area contributed by atoms with Crippen LogP contribution >= 0.6 is 11.5 Å². The summed E-state index contributed by atoms with van der Waals surface area (Å²) in [4.78, 5) is 6.71. The minimum absolute atomic E-state index is 0.00510. The van der Waals surface area contributed by atoms with Crippen LogP contribution in [-0.4, -0.2) is 34.2 Å². The standard InChI is InChI=1S/C11H21N3OS/c1-5-14(7-6-8-15)10-12-9(13-16-10)11(2,3)4/h15H,5-8H2,1-4H3. The van der Waals surface area contributed by atoms with Gasteiger partial charge in [0, 0.05) is 36.6 Å². The Kier molecular flexibility index (Phi) is 4.68. The number of rotatable bonds is 5. The largest absolute Gasteiger partial charge is 0.396 e. The van der Waals surface area contributed by atoms with Gasteiger partial charge in [-0.25, -0.2) is 4.98 Å². The number of aliphatic hydroxyl groups is 1. The van der Waals surface area contributed by atoms with Gasteiger partial charge in [-0.05, 0) is 13.3 Å². The molecule has 1 N–H and O–H groups in total. The molecule has 0 spiro atoms. The molecule has 1 rings (SSSR count). The fraction of sp³-hybridized carbons (Fsp3) is 0.818. The van der Waals surface area contributed by atoms with Crippen LogP contribution in [0.2, 0.25) is 0 Å². The zero-order valence-corrected chi connectivity index (χ0v) is 11.3. The van der Waals surface area contributed by atoms with Crippen molar-refractivity contribution in [2.24, 2.45) is 0 Å². The van der Waals surface area contributed by atoms with Gasteiger partial charge >= 0.3 is 0 Å². The highest BCUT2D eigenvalue weighted by Gasteiger charge is 2.21. The number of aliphatic hydroxyl groups excluding tert-OH is 1. The number of anilines is 1. The first-order valence-corrected chi connectivity index (χ1v) is 6.46. The lowest BCUT2D eigenvalue weighted by Crippen LogP contribution is -2.24. The van der Waals surface area contributed by atoms with Crippen molar-refractivity contribution in [3.63, 3.8) is 0 Å². The summed E-state index contributed by atoms with van der Waals surface area (Å²) in [6.07, 6.45) is 0.776. The molecule has 0 unspecified atom stereocenters. The van der Waals surface area contributed by atoms with Crippen LogP contribution in [0.4, 0.5) is 5.13 Å². The van der Waals surface area contributed by atoms with E-state index in [0.717, 1.165) is 30.5 Å². The Morgan fingerprint density at radius 3 is 2.50 bits per heavy atom.